The van der Waals surface area contributed by atoms with Crippen LogP contribution in [-0.2, 0) is 19.1 Å². The summed E-state index contributed by atoms with van der Waals surface area (Å²) in [6.45, 7) is 3.45. The number of hydrazine groups is 1. The van der Waals surface area contributed by atoms with E-state index in [1.54, 1.807) is 56.3 Å². The zero-order chi connectivity index (χ0) is 26.9. The average Bonchev–Trinajstić information content (AvgIpc) is 2.89. The summed E-state index contributed by atoms with van der Waals surface area (Å²) in [6, 6.07) is 20.2. The summed E-state index contributed by atoms with van der Waals surface area (Å²) >= 11 is 0. The van der Waals surface area contributed by atoms with Crippen molar-refractivity contribution < 1.29 is 38.6 Å². The van der Waals surface area contributed by atoms with Gasteiger partial charge in [-0.2, -0.15) is 0 Å². The first-order valence-corrected chi connectivity index (χ1v) is 11.1. The normalized spacial score (nSPS) is 11.9. The molecule has 0 bridgehead atoms. The van der Waals surface area contributed by atoms with Crippen LogP contribution >= 0.6 is 0 Å². The molecule has 0 aliphatic heterocycles. The Kier molecular flexibility index (Phi) is 8.71. The van der Waals surface area contributed by atoms with Crippen molar-refractivity contribution >= 4 is 29.7 Å². The monoisotopic (exact) mass is 504 g/mol. The van der Waals surface area contributed by atoms with Gasteiger partial charge in [-0.3, -0.25) is 20.4 Å². The van der Waals surface area contributed by atoms with E-state index in [1.807, 2.05) is 5.43 Å². The number of hydrogen-bond donors (Lipinski definition) is 3. The van der Waals surface area contributed by atoms with Crippen LogP contribution in [0, 0.1) is 13.8 Å². The minimum absolute atomic E-state index is 0.0350. The van der Waals surface area contributed by atoms with Crippen molar-refractivity contribution in [1.82, 2.24) is 10.9 Å². The van der Waals surface area contributed by atoms with Gasteiger partial charge < -0.3 is 14.6 Å². The minimum atomic E-state index is -2.23. The predicted molar refractivity (Wildman–Crippen MR) is 130 cm³/mol. The van der Waals surface area contributed by atoms with Gasteiger partial charge in [-0.1, -0.05) is 53.6 Å². The Morgan fingerprint density at radius 3 is 1.62 bits per heavy atom. The molecule has 10 heteroatoms. The molecule has 0 aromatic heterocycles. The number of carboxylic acid groups (broad SMARTS) is 1. The third-order valence-corrected chi connectivity index (χ3v) is 5.09. The first-order valence-electron chi connectivity index (χ1n) is 11.1. The number of amides is 2. The van der Waals surface area contributed by atoms with E-state index >= 15 is 0 Å². The van der Waals surface area contributed by atoms with Gasteiger partial charge >= 0.3 is 17.9 Å². The third kappa shape index (κ3) is 7.25. The lowest BCUT2D eigenvalue weighted by atomic mass is 10.1. The van der Waals surface area contributed by atoms with Crippen molar-refractivity contribution in [2.45, 2.75) is 26.1 Å². The molecule has 37 heavy (non-hydrogen) atoms. The van der Waals surface area contributed by atoms with E-state index in [-0.39, 0.29) is 16.7 Å². The molecule has 0 spiro atoms. The standard InChI is InChI=1S/C27H24N2O8/c1-16-8-6-12-19(14-16)26(34)36-21(24(31)29-28-23(30)18-10-4-3-5-11-18)22(25(32)33)37-27(35)20-13-7-9-17(2)15-20/h3-15,21-22H,1-2H3,(H,28,30)(H,29,31)(H,32,33)/t21-,22+/m0/s1. The van der Waals surface area contributed by atoms with Gasteiger partial charge in [-0.15, -0.1) is 0 Å². The first-order chi connectivity index (χ1) is 17.7. The minimum Gasteiger partial charge on any atom is -0.478 e. The fourth-order valence-corrected chi connectivity index (χ4v) is 3.26. The van der Waals surface area contributed by atoms with Crippen LogP contribution in [0.3, 0.4) is 0 Å². The van der Waals surface area contributed by atoms with E-state index in [2.05, 4.69) is 5.43 Å². The van der Waals surface area contributed by atoms with Crippen molar-refractivity contribution in [1.29, 1.82) is 0 Å². The fourth-order valence-electron chi connectivity index (χ4n) is 3.26. The van der Waals surface area contributed by atoms with Crippen LogP contribution in [0.5, 0.6) is 0 Å². The maximum atomic E-state index is 13.0. The second kappa shape index (κ2) is 12.1. The molecule has 0 saturated heterocycles. The zero-order valence-corrected chi connectivity index (χ0v) is 20.0. The quantitative estimate of drug-likeness (QED) is 0.313. The van der Waals surface area contributed by atoms with Gasteiger partial charge in [0.05, 0.1) is 11.1 Å². The molecule has 0 saturated carbocycles. The second-order valence-electron chi connectivity index (χ2n) is 8.04. The van der Waals surface area contributed by atoms with Crippen molar-refractivity contribution in [2.75, 3.05) is 0 Å². The number of aliphatic carboxylic acids is 1. The summed E-state index contributed by atoms with van der Waals surface area (Å²) in [7, 11) is 0. The van der Waals surface area contributed by atoms with Crippen LogP contribution in [0.2, 0.25) is 0 Å². The number of rotatable bonds is 8. The maximum Gasteiger partial charge on any atom is 0.349 e. The zero-order valence-electron chi connectivity index (χ0n) is 20.0. The van der Waals surface area contributed by atoms with E-state index in [0.29, 0.717) is 11.1 Å². The predicted octanol–water partition coefficient (Wildman–Crippen LogP) is 2.60. The fraction of sp³-hybridized carbons (Fsp3) is 0.148. The highest BCUT2D eigenvalue weighted by atomic mass is 16.6. The van der Waals surface area contributed by atoms with Gasteiger partial charge in [0.15, 0.2) is 0 Å². The molecule has 0 heterocycles. The van der Waals surface area contributed by atoms with Gasteiger partial charge in [0, 0.05) is 5.56 Å². The van der Waals surface area contributed by atoms with Gasteiger partial charge in [0.2, 0.25) is 12.2 Å². The Balaban J connectivity index is 1.85. The molecule has 0 fully saturated rings. The topological polar surface area (TPSA) is 148 Å². The lowest BCUT2D eigenvalue weighted by Gasteiger charge is -2.23. The Morgan fingerprint density at radius 2 is 1.14 bits per heavy atom. The van der Waals surface area contributed by atoms with Crippen molar-refractivity contribution in [3.8, 4) is 0 Å². The summed E-state index contributed by atoms with van der Waals surface area (Å²) in [4.78, 5) is 62.8. The molecular weight excluding hydrogens is 480 g/mol. The van der Waals surface area contributed by atoms with E-state index in [0.717, 1.165) is 0 Å². The molecule has 10 nitrogen and oxygen atoms in total. The highest BCUT2D eigenvalue weighted by molar-refractivity contribution is 5.99. The number of carbonyl (C=O) groups excluding carboxylic acids is 4. The SMILES string of the molecule is Cc1cccc(C(=O)O[C@H](C(=O)NNC(=O)c2ccccc2)[C@@H](OC(=O)c2cccc(C)c2)C(=O)O)c1. The van der Waals surface area contributed by atoms with Crippen LogP contribution in [0.25, 0.3) is 0 Å². The lowest BCUT2D eigenvalue weighted by molar-refractivity contribution is -0.159. The summed E-state index contributed by atoms with van der Waals surface area (Å²) in [5.74, 6) is -5.76. The molecule has 3 aromatic carbocycles. The van der Waals surface area contributed by atoms with E-state index in [9.17, 15) is 29.1 Å². The number of aryl methyl sites for hydroxylation is 2. The van der Waals surface area contributed by atoms with Crippen LogP contribution in [0.1, 0.15) is 42.2 Å². The second-order valence-corrected chi connectivity index (χ2v) is 8.04. The van der Waals surface area contributed by atoms with Gasteiger partial charge in [-0.25, -0.2) is 14.4 Å². The number of hydrogen-bond acceptors (Lipinski definition) is 7. The first kappa shape index (κ1) is 26.6. The third-order valence-electron chi connectivity index (χ3n) is 5.09. The number of ether oxygens (including phenoxy) is 2. The van der Waals surface area contributed by atoms with Crippen LogP contribution in [0.15, 0.2) is 78.9 Å². The number of nitrogens with one attached hydrogen (secondary N) is 2. The van der Waals surface area contributed by atoms with Crippen LogP contribution in [0.4, 0.5) is 0 Å². The highest BCUT2D eigenvalue weighted by Gasteiger charge is 2.41. The molecule has 2 amide bonds. The number of benzene rings is 3. The molecule has 2 atom stereocenters. The smallest absolute Gasteiger partial charge is 0.349 e. The Hall–Kier alpha value is -4.99. The molecule has 3 N–H and O–H groups in total. The van der Waals surface area contributed by atoms with E-state index in [1.165, 1.54) is 36.4 Å². The van der Waals surface area contributed by atoms with E-state index in [4.69, 9.17) is 9.47 Å². The largest absolute Gasteiger partial charge is 0.478 e. The van der Waals surface area contributed by atoms with Gasteiger partial charge in [-0.05, 0) is 50.2 Å². The van der Waals surface area contributed by atoms with Crippen LogP contribution < -0.4 is 10.9 Å². The molecule has 190 valence electrons. The molecule has 3 aromatic rings. The van der Waals surface area contributed by atoms with Crippen molar-refractivity contribution in [2.24, 2.45) is 0 Å². The molecule has 3 rings (SSSR count). The molecule has 0 aliphatic carbocycles. The molecule has 0 radical (unpaired) electrons. The lowest BCUT2D eigenvalue weighted by Crippen LogP contribution is -2.54. The van der Waals surface area contributed by atoms with Crippen molar-refractivity contribution in [3.05, 3.63) is 107 Å². The van der Waals surface area contributed by atoms with Crippen molar-refractivity contribution in [3.63, 3.8) is 0 Å². The molecule has 0 aliphatic rings. The van der Waals surface area contributed by atoms with E-state index < -0.39 is 41.9 Å². The summed E-state index contributed by atoms with van der Waals surface area (Å²) in [5.41, 5.74) is 5.87. The molecular formula is C27H24N2O8. The number of carbonyl (C=O) groups is 5. The van der Waals surface area contributed by atoms with Gasteiger partial charge in [0.1, 0.15) is 0 Å². The Morgan fingerprint density at radius 1 is 0.649 bits per heavy atom. The average molecular weight is 504 g/mol. The Labute approximate surface area is 212 Å². The van der Waals surface area contributed by atoms with Gasteiger partial charge in [0.25, 0.3) is 11.8 Å². The van der Waals surface area contributed by atoms with Crippen LogP contribution in [-0.4, -0.2) is 47.0 Å². The number of carboxylic acids is 1. The maximum absolute atomic E-state index is 13.0. The molecule has 0 unspecified atom stereocenters. The summed E-state index contributed by atoms with van der Waals surface area (Å²) < 4.78 is 10.3. The Bertz CT molecular complexity index is 1320. The summed E-state index contributed by atoms with van der Waals surface area (Å²) in [5, 5.41) is 9.79. The summed E-state index contributed by atoms with van der Waals surface area (Å²) in [6.07, 6.45) is -4.37. The number of esters is 2. The highest BCUT2D eigenvalue weighted by Crippen LogP contribution is 2.15.